The summed E-state index contributed by atoms with van der Waals surface area (Å²) >= 11 is 5.68. The van der Waals surface area contributed by atoms with Crippen molar-refractivity contribution < 1.29 is 9.88 Å². The second-order valence-corrected chi connectivity index (χ2v) is 2.95. The highest BCUT2D eigenvalue weighted by molar-refractivity contribution is 6.30. The maximum absolute atomic E-state index is 5.68. The first-order valence-electron chi connectivity index (χ1n) is 4.15. The van der Waals surface area contributed by atoms with Crippen LogP contribution in [0.1, 0.15) is 13.3 Å². The van der Waals surface area contributed by atoms with Crippen LogP contribution in [-0.2, 0) is 4.99 Å². The molecule has 0 aliphatic carbocycles. The molecule has 1 N–H and O–H groups in total. The first-order valence-corrected chi connectivity index (χ1v) is 4.52. The van der Waals surface area contributed by atoms with Crippen molar-refractivity contribution in [3.8, 4) is 5.75 Å². The van der Waals surface area contributed by atoms with E-state index in [9.17, 15) is 0 Å². The van der Waals surface area contributed by atoms with Crippen molar-refractivity contribution in [2.75, 3.05) is 6.54 Å². The van der Waals surface area contributed by atoms with Gasteiger partial charge in [0.2, 0.25) is 0 Å². The van der Waals surface area contributed by atoms with Crippen molar-refractivity contribution in [1.29, 1.82) is 0 Å². The van der Waals surface area contributed by atoms with Crippen LogP contribution in [0.2, 0.25) is 5.02 Å². The second kappa shape index (κ2) is 5.80. The summed E-state index contributed by atoms with van der Waals surface area (Å²) in [5, 5.41) is 0.675. The van der Waals surface area contributed by atoms with E-state index < -0.39 is 0 Å². The van der Waals surface area contributed by atoms with Crippen LogP contribution >= 0.6 is 11.6 Å². The minimum absolute atomic E-state index is 0.619. The number of hydrogen-bond acceptors (Lipinski definition) is 3. The Morgan fingerprint density at radius 1 is 1.31 bits per heavy atom. The first kappa shape index (κ1) is 10.3. The first-order chi connectivity index (χ1) is 6.33. The molecule has 0 heterocycles. The van der Waals surface area contributed by atoms with Crippen LogP contribution in [0.5, 0.6) is 5.75 Å². The van der Waals surface area contributed by atoms with Gasteiger partial charge in [-0.1, -0.05) is 23.5 Å². The normalized spacial score (nSPS) is 10.0. The van der Waals surface area contributed by atoms with Gasteiger partial charge in [-0.15, -0.1) is 0 Å². The van der Waals surface area contributed by atoms with E-state index in [1.165, 1.54) is 0 Å². The summed E-state index contributed by atoms with van der Waals surface area (Å²) in [5.74, 6) is 0.619. The molecule has 0 unspecified atom stereocenters. The quantitative estimate of drug-likeness (QED) is 0.451. The summed E-state index contributed by atoms with van der Waals surface area (Å²) in [5.41, 5.74) is 2.64. The largest absolute Gasteiger partial charge is 0.319 e. The maximum Gasteiger partial charge on any atom is 0.167 e. The molecular weight excluding hydrogens is 190 g/mol. The monoisotopic (exact) mass is 201 g/mol. The van der Waals surface area contributed by atoms with E-state index in [1.54, 1.807) is 24.3 Å². The topological polar surface area (TPSA) is 30.5 Å². The Morgan fingerprint density at radius 2 is 2.00 bits per heavy atom. The molecule has 3 nitrogen and oxygen atoms in total. The average Bonchev–Trinajstić information content (AvgIpc) is 2.15. The second-order valence-electron chi connectivity index (χ2n) is 2.51. The molecule has 0 atom stereocenters. The van der Waals surface area contributed by atoms with Crippen LogP contribution in [0, 0.1) is 0 Å². The van der Waals surface area contributed by atoms with Gasteiger partial charge in [-0.2, -0.15) is 5.48 Å². The molecule has 0 saturated carbocycles. The summed E-state index contributed by atoms with van der Waals surface area (Å²) in [6, 6.07) is 6.94. The molecule has 0 spiro atoms. The van der Waals surface area contributed by atoms with Crippen molar-refractivity contribution in [2.24, 2.45) is 0 Å². The molecule has 4 heteroatoms. The fourth-order valence-electron chi connectivity index (χ4n) is 0.711. The highest BCUT2D eigenvalue weighted by Gasteiger charge is 1.93. The number of hydroxylamine groups is 1. The standard InChI is InChI=1S/C9H12ClNO2/c1-2-7-11-13-12-9-5-3-8(10)4-6-9/h3-6,11H,2,7H2,1H3. The van der Waals surface area contributed by atoms with Crippen LogP contribution in [0.3, 0.4) is 0 Å². The van der Waals surface area contributed by atoms with Gasteiger partial charge in [-0.3, -0.25) is 0 Å². The van der Waals surface area contributed by atoms with Gasteiger partial charge in [-0.05, 0) is 30.7 Å². The van der Waals surface area contributed by atoms with E-state index in [0.29, 0.717) is 10.8 Å². The van der Waals surface area contributed by atoms with E-state index in [2.05, 4.69) is 5.48 Å². The van der Waals surface area contributed by atoms with Crippen LogP contribution in [0.25, 0.3) is 0 Å². The van der Waals surface area contributed by atoms with E-state index in [4.69, 9.17) is 21.5 Å². The zero-order valence-corrected chi connectivity index (χ0v) is 8.17. The van der Waals surface area contributed by atoms with Crippen LogP contribution in [0.15, 0.2) is 24.3 Å². The third-order valence-corrected chi connectivity index (χ3v) is 1.61. The predicted molar refractivity (Wildman–Crippen MR) is 51.5 cm³/mol. The summed E-state index contributed by atoms with van der Waals surface area (Å²) in [4.78, 5) is 9.60. The maximum atomic E-state index is 5.68. The smallest absolute Gasteiger partial charge is 0.167 e. The molecule has 1 aromatic rings. The molecule has 0 bridgehead atoms. The van der Waals surface area contributed by atoms with Crippen molar-refractivity contribution in [3.63, 3.8) is 0 Å². The lowest BCUT2D eigenvalue weighted by molar-refractivity contribution is -0.257. The number of benzene rings is 1. The summed E-state index contributed by atoms with van der Waals surface area (Å²) in [6.45, 7) is 2.80. The number of hydrogen-bond donors (Lipinski definition) is 1. The Hall–Kier alpha value is -0.770. The molecule has 0 radical (unpaired) electrons. The number of halogens is 1. The highest BCUT2D eigenvalue weighted by Crippen LogP contribution is 2.15. The molecule has 0 amide bonds. The van der Waals surface area contributed by atoms with Crippen LogP contribution in [-0.4, -0.2) is 6.54 Å². The van der Waals surface area contributed by atoms with E-state index in [1.807, 2.05) is 6.92 Å². The fraction of sp³-hybridized carbons (Fsp3) is 0.333. The highest BCUT2D eigenvalue weighted by atomic mass is 35.5. The molecule has 1 rings (SSSR count). The molecule has 0 saturated heterocycles. The summed E-state index contributed by atoms with van der Waals surface area (Å²) in [6.07, 6.45) is 0.990. The molecule has 0 fully saturated rings. The van der Waals surface area contributed by atoms with Crippen molar-refractivity contribution in [2.45, 2.75) is 13.3 Å². The van der Waals surface area contributed by atoms with E-state index in [0.717, 1.165) is 13.0 Å². The summed E-state index contributed by atoms with van der Waals surface area (Å²) < 4.78 is 0. The van der Waals surface area contributed by atoms with Gasteiger partial charge in [0.15, 0.2) is 5.75 Å². The lowest BCUT2D eigenvalue weighted by Gasteiger charge is -2.03. The van der Waals surface area contributed by atoms with Gasteiger partial charge in [0.25, 0.3) is 0 Å². The molecule has 1 aromatic carbocycles. The zero-order valence-electron chi connectivity index (χ0n) is 7.42. The van der Waals surface area contributed by atoms with Crippen molar-refractivity contribution in [1.82, 2.24) is 5.48 Å². The molecule has 0 aromatic heterocycles. The zero-order chi connectivity index (χ0) is 9.52. The third-order valence-electron chi connectivity index (χ3n) is 1.36. The fourth-order valence-corrected chi connectivity index (χ4v) is 0.837. The summed E-state index contributed by atoms with van der Waals surface area (Å²) in [7, 11) is 0. The van der Waals surface area contributed by atoms with Gasteiger partial charge in [-0.25, -0.2) is 0 Å². The Kier molecular flexibility index (Phi) is 4.60. The SMILES string of the molecule is CCCNOOc1ccc(Cl)cc1. The van der Waals surface area contributed by atoms with E-state index >= 15 is 0 Å². The Labute approximate surface area is 82.5 Å². The molecular formula is C9H12ClNO2. The number of rotatable bonds is 5. The van der Waals surface area contributed by atoms with Crippen molar-refractivity contribution >= 4 is 11.6 Å². The van der Waals surface area contributed by atoms with Gasteiger partial charge >= 0.3 is 0 Å². The van der Waals surface area contributed by atoms with Gasteiger partial charge in [0.1, 0.15) is 0 Å². The minimum Gasteiger partial charge on any atom is -0.319 e. The van der Waals surface area contributed by atoms with Crippen LogP contribution in [0.4, 0.5) is 0 Å². The predicted octanol–water partition coefficient (Wildman–Crippen LogP) is 2.57. The lowest BCUT2D eigenvalue weighted by atomic mass is 10.3. The van der Waals surface area contributed by atoms with Crippen LogP contribution < -0.4 is 10.4 Å². The van der Waals surface area contributed by atoms with Gasteiger partial charge < -0.3 is 4.89 Å². The third kappa shape index (κ3) is 4.12. The Bertz CT molecular complexity index is 238. The van der Waals surface area contributed by atoms with Gasteiger partial charge in [0, 0.05) is 11.6 Å². The average molecular weight is 202 g/mol. The Morgan fingerprint density at radius 3 is 2.62 bits per heavy atom. The van der Waals surface area contributed by atoms with E-state index in [-0.39, 0.29) is 0 Å². The minimum atomic E-state index is 0.619. The molecule has 0 aliphatic rings. The molecule has 72 valence electrons. The molecule has 0 aliphatic heterocycles. The number of nitrogens with one attached hydrogen (secondary N) is 1. The van der Waals surface area contributed by atoms with Crippen molar-refractivity contribution in [3.05, 3.63) is 29.3 Å². The molecule has 13 heavy (non-hydrogen) atoms. The Balaban J connectivity index is 2.25. The lowest BCUT2D eigenvalue weighted by Crippen LogP contribution is -2.17. The van der Waals surface area contributed by atoms with Gasteiger partial charge in [0.05, 0.1) is 0 Å².